The molecule has 0 radical (unpaired) electrons. The number of hydrogen-bond donors (Lipinski definition) is 2. The molecule has 0 saturated heterocycles. The largest absolute Gasteiger partial charge is 0.469 e. The van der Waals surface area contributed by atoms with E-state index in [1.54, 1.807) is 24.5 Å². The van der Waals surface area contributed by atoms with Crippen molar-refractivity contribution in [3.63, 3.8) is 0 Å². The Morgan fingerprint density at radius 2 is 2.11 bits per heavy atom. The van der Waals surface area contributed by atoms with E-state index in [9.17, 15) is 4.79 Å². The lowest BCUT2D eigenvalue weighted by Crippen LogP contribution is -2.22. The Hall–Kier alpha value is -2.43. The van der Waals surface area contributed by atoms with Crippen molar-refractivity contribution in [2.24, 2.45) is 5.73 Å². The molecule has 0 spiro atoms. The summed E-state index contributed by atoms with van der Waals surface area (Å²) in [6, 6.07) is 6.96. The number of carbonyl (C=O) groups is 1. The van der Waals surface area contributed by atoms with Crippen LogP contribution in [-0.2, 0) is 6.54 Å². The molecule has 19 heavy (non-hydrogen) atoms. The molecule has 0 fully saturated rings. The lowest BCUT2D eigenvalue weighted by atomic mass is 10.1. The Balaban J connectivity index is 2.32. The van der Waals surface area contributed by atoms with Gasteiger partial charge in [-0.25, -0.2) is 0 Å². The maximum atomic E-state index is 11.4. The molecule has 1 heterocycles. The summed E-state index contributed by atoms with van der Waals surface area (Å²) in [5.41, 5.74) is 14.0. The van der Waals surface area contributed by atoms with Crippen LogP contribution < -0.4 is 16.4 Å². The van der Waals surface area contributed by atoms with Crippen LogP contribution >= 0.6 is 0 Å². The molecular formula is C14H17N3O2. The van der Waals surface area contributed by atoms with Gasteiger partial charge >= 0.3 is 0 Å². The van der Waals surface area contributed by atoms with Crippen molar-refractivity contribution >= 4 is 17.3 Å². The summed E-state index contributed by atoms with van der Waals surface area (Å²) in [7, 11) is 1.88. The second-order valence-corrected chi connectivity index (χ2v) is 4.50. The number of nitrogen functional groups attached to an aromatic ring is 1. The Bertz CT molecular complexity index is 604. The summed E-state index contributed by atoms with van der Waals surface area (Å²) in [6.45, 7) is 2.52. The molecule has 1 aromatic carbocycles. The van der Waals surface area contributed by atoms with Gasteiger partial charge in [-0.15, -0.1) is 0 Å². The third kappa shape index (κ3) is 2.70. The lowest BCUT2D eigenvalue weighted by molar-refractivity contribution is 0.100. The first kappa shape index (κ1) is 13.0. The number of rotatable bonds is 4. The number of hydrogen-bond acceptors (Lipinski definition) is 4. The SMILES string of the molecule is Cc1occc1CN(C)c1cc(N)ccc1C(N)=O. The van der Waals surface area contributed by atoms with Crippen LogP contribution in [0.3, 0.4) is 0 Å². The van der Waals surface area contributed by atoms with E-state index in [2.05, 4.69) is 0 Å². The van der Waals surface area contributed by atoms with Gasteiger partial charge in [0.1, 0.15) is 5.76 Å². The number of nitrogens with two attached hydrogens (primary N) is 2. The number of anilines is 2. The predicted molar refractivity (Wildman–Crippen MR) is 74.9 cm³/mol. The molecule has 0 saturated carbocycles. The highest BCUT2D eigenvalue weighted by Gasteiger charge is 2.14. The fourth-order valence-electron chi connectivity index (χ4n) is 1.99. The minimum Gasteiger partial charge on any atom is -0.469 e. The Labute approximate surface area is 111 Å². The van der Waals surface area contributed by atoms with Gasteiger partial charge in [0, 0.05) is 24.8 Å². The Kier molecular flexibility index (Phi) is 3.46. The van der Waals surface area contributed by atoms with E-state index < -0.39 is 5.91 Å². The normalized spacial score (nSPS) is 10.4. The number of carbonyl (C=O) groups excluding carboxylic acids is 1. The van der Waals surface area contributed by atoms with Crippen molar-refractivity contribution < 1.29 is 9.21 Å². The molecule has 100 valence electrons. The van der Waals surface area contributed by atoms with E-state index >= 15 is 0 Å². The summed E-state index contributed by atoms with van der Waals surface area (Å²) in [4.78, 5) is 13.4. The zero-order chi connectivity index (χ0) is 14.0. The van der Waals surface area contributed by atoms with Crippen LogP contribution in [0.25, 0.3) is 0 Å². The van der Waals surface area contributed by atoms with Crippen molar-refractivity contribution in [1.82, 2.24) is 0 Å². The van der Waals surface area contributed by atoms with E-state index in [1.165, 1.54) is 0 Å². The molecule has 1 amide bonds. The van der Waals surface area contributed by atoms with Gasteiger partial charge in [0.05, 0.1) is 17.5 Å². The van der Waals surface area contributed by atoms with Crippen LogP contribution in [0.5, 0.6) is 0 Å². The van der Waals surface area contributed by atoms with E-state index in [0.717, 1.165) is 11.3 Å². The first-order valence-electron chi connectivity index (χ1n) is 5.92. The fourth-order valence-corrected chi connectivity index (χ4v) is 1.99. The van der Waals surface area contributed by atoms with Crippen LogP contribution in [0.2, 0.25) is 0 Å². The number of nitrogens with zero attached hydrogens (tertiary/aromatic N) is 1. The molecular weight excluding hydrogens is 242 g/mol. The van der Waals surface area contributed by atoms with Crippen molar-refractivity contribution in [3.05, 3.63) is 47.4 Å². The molecule has 0 aliphatic heterocycles. The number of aryl methyl sites for hydroxylation is 1. The second-order valence-electron chi connectivity index (χ2n) is 4.50. The first-order chi connectivity index (χ1) is 8.99. The predicted octanol–water partition coefficient (Wildman–Crippen LogP) is 1.91. The Morgan fingerprint density at radius 3 is 2.68 bits per heavy atom. The zero-order valence-corrected chi connectivity index (χ0v) is 11.0. The lowest BCUT2D eigenvalue weighted by Gasteiger charge is -2.21. The highest BCUT2D eigenvalue weighted by Crippen LogP contribution is 2.24. The quantitative estimate of drug-likeness (QED) is 0.821. The van der Waals surface area contributed by atoms with Gasteiger partial charge in [0.2, 0.25) is 0 Å². The smallest absolute Gasteiger partial charge is 0.250 e. The van der Waals surface area contributed by atoms with Gasteiger partial charge in [0.25, 0.3) is 5.91 Å². The second kappa shape index (κ2) is 5.06. The molecule has 4 N–H and O–H groups in total. The van der Waals surface area contributed by atoms with Crippen LogP contribution in [0.15, 0.2) is 34.9 Å². The number of primary amides is 1. The van der Waals surface area contributed by atoms with Gasteiger partial charge in [-0.05, 0) is 31.2 Å². The van der Waals surface area contributed by atoms with Gasteiger partial charge < -0.3 is 20.8 Å². The van der Waals surface area contributed by atoms with Crippen LogP contribution in [0.1, 0.15) is 21.7 Å². The maximum Gasteiger partial charge on any atom is 0.250 e. The molecule has 0 unspecified atom stereocenters. The summed E-state index contributed by atoms with van der Waals surface area (Å²) >= 11 is 0. The van der Waals surface area contributed by atoms with Crippen molar-refractivity contribution in [1.29, 1.82) is 0 Å². The average molecular weight is 259 g/mol. The van der Waals surface area contributed by atoms with Crippen molar-refractivity contribution in [2.75, 3.05) is 17.7 Å². The van der Waals surface area contributed by atoms with E-state index in [1.807, 2.05) is 24.9 Å². The van der Waals surface area contributed by atoms with Gasteiger partial charge in [-0.1, -0.05) is 0 Å². The van der Waals surface area contributed by atoms with E-state index in [-0.39, 0.29) is 0 Å². The minimum atomic E-state index is -0.467. The molecule has 2 aromatic rings. The summed E-state index contributed by atoms with van der Waals surface area (Å²) in [5.74, 6) is 0.391. The van der Waals surface area contributed by atoms with Gasteiger partial charge in [0.15, 0.2) is 0 Å². The highest BCUT2D eigenvalue weighted by atomic mass is 16.3. The monoisotopic (exact) mass is 259 g/mol. The van der Waals surface area contributed by atoms with Gasteiger partial charge in [-0.3, -0.25) is 4.79 Å². The number of benzene rings is 1. The average Bonchev–Trinajstić information content (AvgIpc) is 2.74. The first-order valence-corrected chi connectivity index (χ1v) is 5.92. The van der Waals surface area contributed by atoms with Crippen molar-refractivity contribution in [2.45, 2.75) is 13.5 Å². The molecule has 0 aliphatic rings. The number of amides is 1. The van der Waals surface area contributed by atoms with Crippen molar-refractivity contribution in [3.8, 4) is 0 Å². The van der Waals surface area contributed by atoms with Crippen LogP contribution in [-0.4, -0.2) is 13.0 Å². The van der Waals surface area contributed by atoms with E-state index in [4.69, 9.17) is 15.9 Å². The molecule has 1 aromatic heterocycles. The zero-order valence-electron chi connectivity index (χ0n) is 11.0. The third-order valence-corrected chi connectivity index (χ3v) is 3.07. The maximum absolute atomic E-state index is 11.4. The van der Waals surface area contributed by atoms with Crippen LogP contribution in [0, 0.1) is 6.92 Å². The molecule has 0 aliphatic carbocycles. The minimum absolute atomic E-state index is 0.456. The third-order valence-electron chi connectivity index (χ3n) is 3.07. The standard InChI is InChI=1S/C14H17N3O2/c1-9-10(5-6-19-9)8-17(2)13-7-11(15)3-4-12(13)14(16)18/h3-7H,8,15H2,1-2H3,(H2,16,18). The summed E-state index contributed by atoms with van der Waals surface area (Å²) in [5, 5.41) is 0. The number of furan rings is 1. The molecule has 0 bridgehead atoms. The van der Waals surface area contributed by atoms with Crippen LogP contribution in [0.4, 0.5) is 11.4 Å². The summed E-state index contributed by atoms with van der Waals surface area (Å²) in [6.07, 6.45) is 1.65. The fraction of sp³-hybridized carbons (Fsp3) is 0.214. The molecule has 5 heteroatoms. The Morgan fingerprint density at radius 1 is 1.37 bits per heavy atom. The van der Waals surface area contributed by atoms with E-state index in [0.29, 0.717) is 23.5 Å². The molecule has 2 rings (SSSR count). The topological polar surface area (TPSA) is 85.5 Å². The molecule has 5 nitrogen and oxygen atoms in total. The van der Waals surface area contributed by atoms with Gasteiger partial charge in [-0.2, -0.15) is 0 Å². The summed E-state index contributed by atoms with van der Waals surface area (Å²) < 4.78 is 5.26. The molecule has 0 atom stereocenters. The highest BCUT2D eigenvalue weighted by molar-refractivity contribution is 5.99.